The van der Waals surface area contributed by atoms with Crippen molar-refractivity contribution >= 4 is 5.97 Å². The van der Waals surface area contributed by atoms with Crippen LogP contribution in [0.5, 0.6) is 0 Å². The number of hydrogen-bond donors (Lipinski definition) is 1. The summed E-state index contributed by atoms with van der Waals surface area (Å²) in [7, 11) is 4.28. The molecule has 0 aliphatic carbocycles. The van der Waals surface area contributed by atoms with E-state index >= 15 is 0 Å². The van der Waals surface area contributed by atoms with E-state index in [-0.39, 0.29) is 0 Å². The normalized spacial score (nSPS) is 17.3. The molecule has 0 amide bonds. The second-order valence-corrected chi connectivity index (χ2v) is 5.88. The third-order valence-corrected chi connectivity index (χ3v) is 4.05. The van der Waals surface area contributed by atoms with E-state index < -0.39 is 5.97 Å². The minimum atomic E-state index is -0.870. The molecule has 1 N–H and O–H groups in total. The van der Waals surface area contributed by atoms with Crippen molar-refractivity contribution in [3.05, 3.63) is 35.4 Å². The average Bonchev–Trinajstić information content (AvgIpc) is 2.47. The van der Waals surface area contributed by atoms with E-state index in [1.165, 1.54) is 0 Å². The SMILES string of the molecule is CN1CCN(CCN(C)Cc2ccc(C(=O)O)cc2)CC1. The van der Waals surface area contributed by atoms with Crippen LogP contribution in [0.2, 0.25) is 0 Å². The summed E-state index contributed by atoms with van der Waals surface area (Å²) in [4.78, 5) is 18.0. The second kappa shape index (κ2) is 7.54. The summed E-state index contributed by atoms with van der Waals surface area (Å²) < 4.78 is 0. The van der Waals surface area contributed by atoms with E-state index in [0.717, 1.165) is 51.4 Å². The van der Waals surface area contributed by atoms with Crippen LogP contribution in [0, 0.1) is 0 Å². The van der Waals surface area contributed by atoms with Crippen molar-refractivity contribution in [1.29, 1.82) is 0 Å². The van der Waals surface area contributed by atoms with Crippen molar-refractivity contribution in [2.45, 2.75) is 6.54 Å². The van der Waals surface area contributed by atoms with Gasteiger partial charge in [0.2, 0.25) is 0 Å². The molecule has 21 heavy (non-hydrogen) atoms. The molecule has 1 heterocycles. The van der Waals surface area contributed by atoms with E-state index in [1.807, 2.05) is 12.1 Å². The van der Waals surface area contributed by atoms with Crippen molar-refractivity contribution < 1.29 is 9.90 Å². The van der Waals surface area contributed by atoms with Gasteiger partial charge in [-0.3, -0.25) is 4.90 Å². The van der Waals surface area contributed by atoms with E-state index in [9.17, 15) is 4.79 Å². The lowest BCUT2D eigenvalue weighted by Gasteiger charge is -2.33. The van der Waals surface area contributed by atoms with Gasteiger partial charge in [-0.25, -0.2) is 4.79 Å². The van der Waals surface area contributed by atoms with Gasteiger partial charge in [-0.15, -0.1) is 0 Å². The molecular weight excluding hydrogens is 266 g/mol. The van der Waals surface area contributed by atoms with Gasteiger partial charge in [0.05, 0.1) is 5.56 Å². The highest BCUT2D eigenvalue weighted by molar-refractivity contribution is 5.87. The summed E-state index contributed by atoms with van der Waals surface area (Å²) in [5, 5.41) is 8.89. The summed E-state index contributed by atoms with van der Waals surface area (Å²) in [6.07, 6.45) is 0. The van der Waals surface area contributed by atoms with Gasteiger partial charge in [-0.1, -0.05) is 12.1 Å². The van der Waals surface area contributed by atoms with Crippen molar-refractivity contribution in [2.24, 2.45) is 0 Å². The first kappa shape index (κ1) is 15.9. The van der Waals surface area contributed by atoms with Gasteiger partial charge in [0.25, 0.3) is 0 Å². The molecule has 0 atom stereocenters. The highest BCUT2D eigenvalue weighted by Crippen LogP contribution is 2.07. The summed E-state index contributed by atoms with van der Waals surface area (Å²) in [5.41, 5.74) is 1.50. The van der Waals surface area contributed by atoms with Gasteiger partial charge in [0.15, 0.2) is 0 Å². The monoisotopic (exact) mass is 291 g/mol. The number of hydrogen-bond acceptors (Lipinski definition) is 4. The number of aromatic carboxylic acids is 1. The van der Waals surface area contributed by atoms with Crippen molar-refractivity contribution in [3.8, 4) is 0 Å². The lowest BCUT2D eigenvalue weighted by atomic mass is 10.1. The third kappa shape index (κ3) is 5.12. The Hall–Kier alpha value is -1.43. The minimum absolute atomic E-state index is 0.346. The Morgan fingerprint density at radius 2 is 1.81 bits per heavy atom. The summed E-state index contributed by atoms with van der Waals surface area (Å²) in [5.74, 6) is -0.870. The van der Waals surface area contributed by atoms with Crippen LogP contribution in [-0.2, 0) is 6.54 Å². The number of benzene rings is 1. The fourth-order valence-electron chi connectivity index (χ4n) is 2.53. The lowest BCUT2D eigenvalue weighted by Crippen LogP contribution is -2.46. The first-order valence-corrected chi connectivity index (χ1v) is 7.46. The first-order valence-electron chi connectivity index (χ1n) is 7.46. The lowest BCUT2D eigenvalue weighted by molar-refractivity contribution is 0.0697. The molecule has 1 aliphatic heterocycles. The Labute approximate surface area is 126 Å². The number of carbonyl (C=O) groups is 1. The summed E-state index contributed by atoms with van der Waals surface area (Å²) >= 11 is 0. The van der Waals surface area contributed by atoms with Crippen LogP contribution in [0.3, 0.4) is 0 Å². The molecule has 0 radical (unpaired) electrons. The van der Waals surface area contributed by atoms with Gasteiger partial charge < -0.3 is 14.9 Å². The Morgan fingerprint density at radius 3 is 2.38 bits per heavy atom. The molecule has 0 saturated carbocycles. The largest absolute Gasteiger partial charge is 0.478 e. The Balaban J connectivity index is 1.73. The Bertz CT molecular complexity index is 453. The summed E-state index contributed by atoms with van der Waals surface area (Å²) in [6, 6.07) is 7.14. The molecule has 1 aromatic rings. The number of likely N-dealkylation sites (N-methyl/N-ethyl adjacent to an activating group) is 2. The Kier molecular flexibility index (Phi) is 5.73. The van der Waals surface area contributed by atoms with Crippen molar-refractivity contribution in [1.82, 2.24) is 14.7 Å². The van der Waals surface area contributed by atoms with Crippen LogP contribution in [0.4, 0.5) is 0 Å². The van der Waals surface area contributed by atoms with Gasteiger partial charge in [0, 0.05) is 45.8 Å². The zero-order chi connectivity index (χ0) is 15.2. The second-order valence-electron chi connectivity index (χ2n) is 5.88. The van der Waals surface area contributed by atoms with Crippen LogP contribution in [-0.4, -0.2) is 79.1 Å². The van der Waals surface area contributed by atoms with Gasteiger partial charge >= 0.3 is 5.97 Å². The van der Waals surface area contributed by atoms with Crippen LogP contribution in [0.1, 0.15) is 15.9 Å². The zero-order valence-electron chi connectivity index (χ0n) is 13.0. The molecule has 0 bridgehead atoms. The van der Waals surface area contributed by atoms with Crippen LogP contribution in [0.25, 0.3) is 0 Å². The minimum Gasteiger partial charge on any atom is -0.478 e. The molecule has 0 unspecified atom stereocenters. The number of rotatable bonds is 6. The van der Waals surface area contributed by atoms with Crippen molar-refractivity contribution in [3.63, 3.8) is 0 Å². The van der Waals surface area contributed by atoms with Crippen LogP contribution < -0.4 is 0 Å². The Morgan fingerprint density at radius 1 is 1.19 bits per heavy atom. The van der Waals surface area contributed by atoms with Crippen LogP contribution >= 0.6 is 0 Å². The number of carboxylic acids is 1. The van der Waals surface area contributed by atoms with E-state index in [0.29, 0.717) is 5.56 Å². The maximum Gasteiger partial charge on any atom is 0.335 e. The maximum atomic E-state index is 10.8. The molecule has 1 aliphatic rings. The predicted octanol–water partition coefficient (Wildman–Crippen LogP) is 1.06. The fourth-order valence-corrected chi connectivity index (χ4v) is 2.53. The van der Waals surface area contributed by atoms with E-state index in [1.54, 1.807) is 12.1 Å². The van der Waals surface area contributed by atoms with Crippen molar-refractivity contribution in [2.75, 3.05) is 53.4 Å². The molecule has 116 valence electrons. The van der Waals surface area contributed by atoms with Gasteiger partial charge in [-0.05, 0) is 31.8 Å². The summed E-state index contributed by atoms with van der Waals surface area (Å²) in [6.45, 7) is 7.59. The molecule has 0 spiro atoms. The highest BCUT2D eigenvalue weighted by atomic mass is 16.4. The van der Waals surface area contributed by atoms with E-state index in [4.69, 9.17) is 5.11 Å². The molecule has 1 aromatic carbocycles. The van der Waals surface area contributed by atoms with Gasteiger partial charge in [-0.2, -0.15) is 0 Å². The predicted molar refractivity (Wildman–Crippen MR) is 83.7 cm³/mol. The quantitative estimate of drug-likeness (QED) is 0.849. The molecule has 1 fully saturated rings. The standard InChI is InChI=1S/C16H25N3O2/c1-17-7-10-19(11-8-17)12-9-18(2)13-14-3-5-15(6-4-14)16(20)21/h3-6H,7-13H2,1-2H3,(H,20,21). The van der Waals surface area contributed by atoms with E-state index in [2.05, 4.69) is 28.8 Å². The fraction of sp³-hybridized carbons (Fsp3) is 0.562. The molecular formula is C16H25N3O2. The molecule has 1 saturated heterocycles. The molecule has 5 heteroatoms. The third-order valence-electron chi connectivity index (χ3n) is 4.05. The topological polar surface area (TPSA) is 47.0 Å². The molecule has 2 rings (SSSR count). The number of nitrogens with zero attached hydrogens (tertiary/aromatic N) is 3. The first-order chi connectivity index (χ1) is 10.0. The zero-order valence-corrected chi connectivity index (χ0v) is 13.0. The average molecular weight is 291 g/mol. The van der Waals surface area contributed by atoms with Crippen LogP contribution in [0.15, 0.2) is 24.3 Å². The number of carboxylic acid groups (broad SMARTS) is 1. The highest BCUT2D eigenvalue weighted by Gasteiger charge is 2.13. The smallest absolute Gasteiger partial charge is 0.335 e. The molecule has 5 nitrogen and oxygen atoms in total. The van der Waals surface area contributed by atoms with Gasteiger partial charge in [0.1, 0.15) is 0 Å². The number of piperazine rings is 1. The molecule has 0 aromatic heterocycles. The maximum absolute atomic E-state index is 10.8.